The highest BCUT2D eigenvalue weighted by molar-refractivity contribution is 7.89. The van der Waals surface area contributed by atoms with Gasteiger partial charge in [-0.05, 0) is 12.1 Å². The first kappa shape index (κ1) is 16.5. The topological polar surface area (TPSA) is 90.0 Å². The lowest BCUT2D eigenvalue weighted by Crippen LogP contribution is -2.28. The van der Waals surface area contributed by atoms with Crippen molar-refractivity contribution in [1.29, 1.82) is 0 Å². The van der Waals surface area contributed by atoms with Gasteiger partial charge in [-0.15, -0.1) is 0 Å². The average molecular weight is 338 g/mol. The van der Waals surface area contributed by atoms with Gasteiger partial charge in [0.15, 0.2) is 0 Å². The fourth-order valence-corrected chi connectivity index (χ4v) is 2.61. The molecule has 0 aliphatic rings. The van der Waals surface area contributed by atoms with Crippen LogP contribution in [0.2, 0.25) is 0 Å². The molecule has 0 aromatic carbocycles. The van der Waals surface area contributed by atoms with Gasteiger partial charge in [0.1, 0.15) is 0 Å². The van der Waals surface area contributed by atoms with Crippen LogP contribution in [0.1, 0.15) is 12.3 Å². The Kier molecular flexibility index (Phi) is 4.56. The van der Waals surface area contributed by atoms with E-state index in [1.165, 1.54) is 0 Å². The van der Waals surface area contributed by atoms with E-state index in [0.717, 1.165) is 0 Å². The largest absolute Gasteiger partial charge is 0.390 e. The number of nitrogens with one attached hydrogen (secondary N) is 1. The number of rotatable bonds is 6. The predicted octanol–water partition coefficient (Wildman–Crippen LogP) is 1.45. The van der Waals surface area contributed by atoms with Gasteiger partial charge in [0.2, 0.25) is 21.7 Å². The van der Waals surface area contributed by atoms with Gasteiger partial charge in [-0.2, -0.15) is 18.2 Å². The summed E-state index contributed by atoms with van der Waals surface area (Å²) < 4.78 is 67.5. The Morgan fingerprint density at radius 2 is 2.14 bits per heavy atom. The number of aryl methyl sites for hydroxylation is 1. The van der Waals surface area contributed by atoms with Crippen molar-refractivity contribution >= 4 is 10.0 Å². The minimum Gasteiger partial charge on any atom is -0.348 e. The van der Waals surface area contributed by atoms with Crippen molar-refractivity contribution in [3.8, 4) is 11.5 Å². The maximum atomic E-state index is 12.0. The maximum absolute atomic E-state index is 12.0. The van der Waals surface area contributed by atoms with Crippen molar-refractivity contribution in [3.05, 3.63) is 24.2 Å². The SMILES string of the molecule is Cn1cccc1-c1noc(CNS(=O)(=O)CCC(F)(F)F)n1. The summed E-state index contributed by atoms with van der Waals surface area (Å²) in [5.41, 5.74) is 0.662. The molecule has 2 aromatic rings. The van der Waals surface area contributed by atoms with Crippen LogP contribution >= 0.6 is 0 Å². The maximum Gasteiger partial charge on any atom is 0.390 e. The lowest BCUT2D eigenvalue weighted by atomic mass is 10.4. The van der Waals surface area contributed by atoms with Crippen molar-refractivity contribution in [2.24, 2.45) is 7.05 Å². The van der Waals surface area contributed by atoms with E-state index in [2.05, 4.69) is 10.1 Å². The van der Waals surface area contributed by atoms with E-state index < -0.39 is 28.4 Å². The molecule has 22 heavy (non-hydrogen) atoms. The Hall–Kier alpha value is -1.88. The first-order valence-corrected chi connectivity index (χ1v) is 7.80. The second-order valence-corrected chi connectivity index (χ2v) is 6.45. The molecular weight excluding hydrogens is 325 g/mol. The lowest BCUT2D eigenvalue weighted by molar-refractivity contribution is -0.129. The molecule has 0 unspecified atom stereocenters. The van der Waals surface area contributed by atoms with Gasteiger partial charge in [0.25, 0.3) is 0 Å². The molecule has 11 heteroatoms. The van der Waals surface area contributed by atoms with Gasteiger partial charge in [0, 0.05) is 13.2 Å². The van der Waals surface area contributed by atoms with E-state index in [4.69, 9.17) is 4.52 Å². The van der Waals surface area contributed by atoms with Gasteiger partial charge in [-0.3, -0.25) is 0 Å². The van der Waals surface area contributed by atoms with Crippen molar-refractivity contribution in [1.82, 2.24) is 19.4 Å². The summed E-state index contributed by atoms with van der Waals surface area (Å²) in [5.74, 6) is -0.821. The minimum atomic E-state index is -4.53. The third kappa shape index (κ3) is 4.56. The van der Waals surface area contributed by atoms with Gasteiger partial charge in [0.05, 0.1) is 24.4 Å². The van der Waals surface area contributed by atoms with E-state index in [1.54, 1.807) is 29.9 Å². The molecule has 2 rings (SSSR count). The molecule has 0 saturated heterocycles. The monoisotopic (exact) mass is 338 g/mol. The molecule has 1 N–H and O–H groups in total. The van der Waals surface area contributed by atoms with Crippen molar-refractivity contribution in [3.63, 3.8) is 0 Å². The molecule has 122 valence electrons. The van der Waals surface area contributed by atoms with Gasteiger partial charge in [-0.1, -0.05) is 5.16 Å². The lowest BCUT2D eigenvalue weighted by Gasteiger charge is -2.07. The van der Waals surface area contributed by atoms with E-state index in [-0.39, 0.29) is 18.3 Å². The highest BCUT2D eigenvalue weighted by Gasteiger charge is 2.30. The number of aromatic nitrogens is 3. The number of hydrogen-bond acceptors (Lipinski definition) is 5. The molecule has 0 aliphatic heterocycles. The third-order valence-electron chi connectivity index (χ3n) is 2.74. The van der Waals surface area contributed by atoms with Crippen LogP contribution in [0.15, 0.2) is 22.9 Å². The third-order valence-corrected chi connectivity index (χ3v) is 4.06. The number of sulfonamides is 1. The Balaban J connectivity index is 1.95. The Morgan fingerprint density at radius 3 is 2.73 bits per heavy atom. The molecule has 0 saturated carbocycles. The van der Waals surface area contributed by atoms with E-state index >= 15 is 0 Å². The van der Waals surface area contributed by atoms with E-state index in [9.17, 15) is 21.6 Å². The van der Waals surface area contributed by atoms with Crippen LogP contribution in [0.25, 0.3) is 11.5 Å². The molecule has 0 fully saturated rings. The van der Waals surface area contributed by atoms with Crippen LogP contribution < -0.4 is 4.72 Å². The zero-order valence-electron chi connectivity index (χ0n) is 11.5. The zero-order valence-corrected chi connectivity index (χ0v) is 12.3. The first-order chi connectivity index (χ1) is 10.2. The first-order valence-electron chi connectivity index (χ1n) is 6.15. The molecule has 0 atom stereocenters. The Bertz CT molecular complexity index is 736. The van der Waals surface area contributed by atoms with Gasteiger partial charge >= 0.3 is 6.18 Å². The Labute approximate surface area is 124 Å². The summed E-state index contributed by atoms with van der Waals surface area (Å²) in [4.78, 5) is 3.98. The summed E-state index contributed by atoms with van der Waals surface area (Å²) >= 11 is 0. The van der Waals surface area contributed by atoms with Crippen LogP contribution in [-0.2, 0) is 23.6 Å². The molecule has 2 aromatic heterocycles. The van der Waals surface area contributed by atoms with Crippen LogP contribution in [0, 0.1) is 0 Å². The number of halogens is 3. The van der Waals surface area contributed by atoms with Crippen LogP contribution in [-0.4, -0.2) is 35.1 Å². The van der Waals surface area contributed by atoms with Crippen molar-refractivity contribution in [2.75, 3.05) is 5.75 Å². The summed E-state index contributed by atoms with van der Waals surface area (Å²) in [5, 5.41) is 3.68. The van der Waals surface area contributed by atoms with Crippen LogP contribution in [0.4, 0.5) is 13.2 Å². The van der Waals surface area contributed by atoms with E-state index in [1.807, 2.05) is 4.72 Å². The smallest absolute Gasteiger partial charge is 0.348 e. The Morgan fingerprint density at radius 1 is 1.41 bits per heavy atom. The number of alkyl halides is 3. The molecule has 2 heterocycles. The second-order valence-electron chi connectivity index (χ2n) is 4.52. The molecular formula is C11H13F3N4O3S. The summed E-state index contributed by atoms with van der Waals surface area (Å²) in [6.07, 6.45) is -4.18. The minimum absolute atomic E-state index is 0.0354. The second kappa shape index (κ2) is 6.08. The number of hydrogen-bond donors (Lipinski definition) is 1. The zero-order chi connectivity index (χ0) is 16.4. The van der Waals surface area contributed by atoms with Gasteiger partial charge < -0.3 is 9.09 Å². The molecule has 0 bridgehead atoms. The highest BCUT2D eigenvalue weighted by Crippen LogP contribution is 2.20. The molecule has 7 nitrogen and oxygen atoms in total. The highest BCUT2D eigenvalue weighted by atomic mass is 32.2. The van der Waals surface area contributed by atoms with Crippen molar-refractivity contribution in [2.45, 2.75) is 19.1 Å². The summed E-state index contributed by atoms with van der Waals surface area (Å²) in [7, 11) is -2.30. The standard InChI is InChI=1S/C11H13F3N4O3S/c1-18-5-2-3-8(18)10-16-9(21-17-10)7-15-22(19,20)6-4-11(12,13)14/h2-3,5,15H,4,6-7H2,1H3. The molecule has 0 radical (unpaired) electrons. The average Bonchev–Trinajstić information content (AvgIpc) is 3.02. The van der Waals surface area contributed by atoms with Crippen molar-refractivity contribution < 1.29 is 26.1 Å². The number of nitrogens with zero attached hydrogens (tertiary/aromatic N) is 3. The van der Waals surface area contributed by atoms with Crippen LogP contribution in [0.5, 0.6) is 0 Å². The summed E-state index contributed by atoms with van der Waals surface area (Å²) in [6.45, 7) is -0.363. The predicted molar refractivity (Wildman–Crippen MR) is 70.0 cm³/mol. The molecule has 0 spiro atoms. The normalized spacial score (nSPS) is 12.7. The molecule has 0 amide bonds. The molecule has 0 aliphatic carbocycles. The fraction of sp³-hybridized carbons (Fsp3) is 0.455. The summed E-state index contributed by atoms with van der Waals surface area (Å²) in [6, 6.07) is 3.51. The quantitative estimate of drug-likeness (QED) is 0.861. The van der Waals surface area contributed by atoms with Crippen LogP contribution in [0.3, 0.4) is 0 Å². The van der Waals surface area contributed by atoms with E-state index in [0.29, 0.717) is 5.69 Å². The van der Waals surface area contributed by atoms with Gasteiger partial charge in [-0.25, -0.2) is 13.1 Å². The fourth-order valence-electron chi connectivity index (χ4n) is 1.62.